The van der Waals surface area contributed by atoms with Gasteiger partial charge in [0.2, 0.25) is 0 Å². The second-order valence-electron chi connectivity index (χ2n) is 6.24. The van der Waals surface area contributed by atoms with E-state index >= 15 is 0 Å². The number of fused-ring (bicyclic) bond motifs is 1. The van der Waals surface area contributed by atoms with Gasteiger partial charge in [-0.05, 0) is 56.3 Å². The van der Waals surface area contributed by atoms with E-state index in [-0.39, 0.29) is 16.6 Å². The van der Waals surface area contributed by atoms with E-state index in [0.717, 1.165) is 19.3 Å². The number of alkyl halides is 1. The molecule has 0 spiro atoms. The lowest BCUT2D eigenvalue weighted by Crippen LogP contribution is -2.52. The smallest absolute Gasteiger partial charge is 0.316 e. The number of halogens is 1. The number of carbonyl (C=O) groups excluding carboxylic acids is 2. The fourth-order valence-corrected chi connectivity index (χ4v) is 5.20. The Kier molecular flexibility index (Phi) is 4.02. The quantitative estimate of drug-likeness (QED) is 0.335. The van der Waals surface area contributed by atoms with Gasteiger partial charge in [0.15, 0.2) is 5.78 Å². The normalized spacial score (nSPS) is 43.0. The first kappa shape index (κ1) is 14.3. The number of esters is 1. The van der Waals surface area contributed by atoms with Gasteiger partial charge in [0.05, 0.1) is 11.4 Å². The van der Waals surface area contributed by atoms with Crippen molar-refractivity contribution in [2.75, 3.05) is 6.61 Å². The highest BCUT2D eigenvalue weighted by Crippen LogP contribution is 2.57. The lowest BCUT2D eigenvalue weighted by Gasteiger charge is -2.54. The van der Waals surface area contributed by atoms with E-state index in [4.69, 9.17) is 4.74 Å². The largest absolute Gasteiger partial charge is 0.465 e. The molecule has 110 valence electrons. The van der Waals surface area contributed by atoms with Gasteiger partial charge in [-0.1, -0.05) is 28.1 Å². The fraction of sp³-hybridized carbons (Fsp3) is 0.750. The molecule has 0 aromatic heterocycles. The number of Topliss-reactive ketones (excluding diaryl/α,β-unsaturated/α-hetero) is 1. The summed E-state index contributed by atoms with van der Waals surface area (Å²) in [5.41, 5.74) is 0. The molecule has 3 aliphatic carbocycles. The van der Waals surface area contributed by atoms with Crippen LogP contribution in [0.1, 0.15) is 32.6 Å². The molecule has 2 fully saturated rings. The molecule has 4 bridgehead atoms. The molecule has 3 aliphatic rings. The van der Waals surface area contributed by atoms with E-state index < -0.39 is 5.92 Å². The molecule has 0 unspecified atom stereocenters. The lowest BCUT2D eigenvalue weighted by molar-refractivity contribution is -0.156. The Bertz CT molecular complexity index is 429. The molecule has 0 N–H and O–H groups in total. The van der Waals surface area contributed by atoms with Gasteiger partial charge < -0.3 is 4.74 Å². The molecule has 3 rings (SSSR count). The van der Waals surface area contributed by atoms with Gasteiger partial charge >= 0.3 is 5.97 Å². The molecular formula is C16H21BrO3. The Labute approximate surface area is 128 Å². The SMILES string of the molecule is CCOC(=O)[C@@H]1CC2[C@H]3CC=CC[C@H]2C3C[C@H](Br)C1=O. The van der Waals surface area contributed by atoms with Crippen LogP contribution < -0.4 is 0 Å². The summed E-state index contributed by atoms with van der Waals surface area (Å²) in [6.45, 7) is 2.14. The first-order valence-electron chi connectivity index (χ1n) is 7.63. The number of hydrogen-bond donors (Lipinski definition) is 0. The van der Waals surface area contributed by atoms with Crippen molar-refractivity contribution in [1.82, 2.24) is 0 Å². The Balaban J connectivity index is 1.82. The van der Waals surface area contributed by atoms with E-state index in [1.807, 2.05) is 0 Å². The van der Waals surface area contributed by atoms with Crippen molar-refractivity contribution < 1.29 is 14.3 Å². The van der Waals surface area contributed by atoms with Crippen LogP contribution in [0.4, 0.5) is 0 Å². The zero-order chi connectivity index (χ0) is 14.3. The van der Waals surface area contributed by atoms with E-state index in [0.29, 0.717) is 36.7 Å². The van der Waals surface area contributed by atoms with Crippen LogP contribution in [0, 0.1) is 29.6 Å². The Hall–Kier alpha value is -0.640. The second kappa shape index (κ2) is 5.63. The highest BCUT2D eigenvalue weighted by atomic mass is 79.9. The topological polar surface area (TPSA) is 43.4 Å². The molecule has 4 atom stereocenters. The number of ketones is 1. The molecule has 0 radical (unpaired) electrons. The van der Waals surface area contributed by atoms with Gasteiger partial charge in [0, 0.05) is 0 Å². The molecular weight excluding hydrogens is 320 g/mol. The number of rotatable bonds is 2. The van der Waals surface area contributed by atoms with Crippen LogP contribution in [-0.4, -0.2) is 23.2 Å². The zero-order valence-electron chi connectivity index (χ0n) is 11.8. The molecule has 3 nitrogen and oxygen atoms in total. The summed E-state index contributed by atoms with van der Waals surface area (Å²) in [7, 11) is 0. The van der Waals surface area contributed by atoms with Crippen LogP contribution >= 0.6 is 15.9 Å². The molecule has 0 aromatic carbocycles. The Morgan fingerprint density at radius 2 is 1.80 bits per heavy atom. The Morgan fingerprint density at radius 1 is 1.20 bits per heavy atom. The van der Waals surface area contributed by atoms with Crippen molar-refractivity contribution in [3.63, 3.8) is 0 Å². The summed E-state index contributed by atoms with van der Waals surface area (Å²) in [5.74, 6) is 1.63. The van der Waals surface area contributed by atoms with Crippen molar-refractivity contribution in [3.05, 3.63) is 12.2 Å². The third kappa shape index (κ3) is 2.26. The molecule has 2 saturated carbocycles. The van der Waals surface area contributed by atoms with E-state index in [1.54, 1.807) is 6.92 Å². The molecule has 0 heterocycles. The van der Waals surface area contributed by atoms with Gasteiger partial charge in [-0.15, -0.1) is 0 Å². The minimum absolute atomic E-state index is 0.0301. The van der Waals surface area contributed by atoms with E-state index in [2.05, 4.69) is 28.1 Å². The van der Waals surface area contributed by atoms with Crippen molar-refractivity contribution in [2.24, 2.45) is 29.6 Å². The van der Waals surface area contributed by atoms with Gasteiger partial charge in [-0.25, -0.2) is 0 Å². The number of hydrogen-bond acceptors (Lipinski definition) is 3. The molecule has 0 aromatic rings. The van der Waals surface area contributed by atoms with E-state index in [9.17, 15) is 9.59 Å². The number of allylic oxidation sites excluding steroid dienone is 2. The average molecular weight is 341 g/mol. The number of carbonyl (C=O) groups is 2. The maximum atomic E-state index is 12.4. The summed E-state index contributed by atoms with van der Waals surface area (Å²) in [5, 5.41) is 0. The van der Waals surface area contributed by atoms with Crippen LogP contribution in [0.15, 0.2) is 12.2 Å². The average Bonchev–Trinajstić information content (AvgIpc) is 2.74. The monoisotopic (exact) mass is 340 g/mol. The first-order chi connectivity index (χ1) is 9.63. The van der Waals surface area contributed by atoms with Crippen LogP contribution in [0.5, 0.6) is 0 Å². The number of ether oxygens (including phenoxy) is 1. The highest BCUT2D eigenvalue weighted by Gasteiger charge is 2.54. The van der Waals surface area contributed by atoms with Crippen LogP contribution in [-0.2, 0) is 14.3 Å². The summed E-state index contributed by atoms with van der Waals surface area (Å²) in [6, 6.07) is 0. The van der Waals surface area contributed by atoms with Crippen molar-refractivity contribution in [2.45, 2.75) is 37.4 Å². The summed E-state index contributed by atoms with van der Waals surface area (Å²) in [4.78, 5) is 24.3. The van der Waals surface area contributed by atoms with Gasteiger partial charge in [0.1, 0.15) is 5.92 Å². The third-order valence-corrected chi connectivity index (χ3v) is 6.22. The minimum Gasteiger partial charge on any atom is -0.465 e. The van der Waals surface area contributed by atoms with Crippen molar-refractivity contribution >= 4 is 27.7 Å². The minimum atomic E-state index is -0.561. The van der Waals surface area contributed by atoms with Gasteiger partial charge in [-0.2, -0.15) is 0 Å². The maximum absolute atomic E-state index is 12.4. The lowest BCUT2D eigenvalue weighted by atomic mass is 9.51. The maximum Gasteiger partial charge on any atom is 0.316 e. The predicted octanol–water partition coefficient (Wildman–Crippen LogP) is 3.12. The van der Waals surface area contributed by atoms with Gasteiger partial charge in [0.25, 0.3) is 0 Å². The third-order valence-electron chi connectivity index (χ3n) is 5.39. The molecule has 0 saturated heterocycles. The van der Waals surface area contributed by atoms with Crippen LogP contribution in [0.25, 0.3) is 0 Å². The molecule has 0 amide bonds. The molecule has 0 aliphatic heterocycles. The van der Waals surface area contributed by atoms with Gasteiger partial charge in [-0.3, -0.25) is 9.59 Å². The predicted molar refractivity (Wildman–Crippen MR) is 79.4 cm³/mol. The first-order valence-corrected chi connectivity index (χ1v) is 8.54. The Morgan fingerprint density at radius 3 is 2.40 bits per heavy atom. The molecule has 20 heavy (non-hydrogen) atoms. The summed E-state index contributed by atoms with van der Waals surface area (Å²) >= 11 is 3.52. The molecule has 4 heteroatoms. The summed E-state index contributed by atoms with van der Waals surface area (Å²) in [6.07, 6.45) is 8.34. The second-order valence-corrected chi connectivity index (χ2v) is 7.35. The van der Waals surface area contributed by atoms with Crippen LogP contribution in [0.2, 0.25) is 0 Å². The standard InChI is InChI=1S/C16H21BrO3/c1-2-20-16(19)13-7-11-9-5-3-4-6-10(11)12(9)8-14(17)15(13)18/h3-4,9-14H,2,5-8H2,1H3/t9-,10-,11?,12?,13-,14+/m1/s1. The zero-order valence-corrected chi connectivity index (χ0v) is 13.3. The van der Waals surface area contributed by atoms with Crippen molar-refractivity contribution in [1.29, 1.82) is 0 Å². The van der Waals surface area contributed by atoms with E-state index in [1.165, 1.54) is 0 Å². The highest BCUT2D eigenvalue weighted by molar-refractivity contribution is 9.10. The van der Waals surface area contributed by atoms with Crippen molar-refractivity contribution in [3.8, 4) is 0 Å². The van der Waals surface area contributed by atoms with Crippen LogP contribution in [0.3, 0.4) is 0 Å². The summed E-state index contributed by atoms with van der Waals surface area (Å²) < 4.78 is 5.12. The fourth-order valence-electron chi connectivity index (χ4n) is 4.45.